The van der Waals surface area contributed by atoms with Crippen LogP contribution in [0.4, 0.5) is 0 Å². The minimum atomic E-state index is 0.611. The molecule has 3 heterocycles. The van der Waals surface area contributed by atoms with Crippen molar-refractivity contribution in [3.05, 3.63) is 41.7 Å². The van der Waals surface area contributed by atoms with Crippen LogP contribution in [0, 0.1) is 11.3 Å². The van der Waals surface area contributed by atoms with Crippen molar-refractivity contribution in [1.29, 1.82) is 5.26 Å². The number of nitrogens with one attached hydrogen (secondary N) is 1. The molecule has 0 bridgehead atoms. The minimum Gasteiger partial charge on any atom is -0.322 e. The Balaban J connectivity index is 1.93. The van der Waals surface area contributed by atoms with Gasteiger partial charge in [0.1, 0.15) is 6.07 Å². The Hall–Kier alpha value is -1.83. The van der Waals surface area contributed by atoms with Gasteiger partial charge in [-0.15, -0.1) is 0 Å². The SMILES string of the molecule is CCN(Cc1cn2ccccc2c1C#N)C1CNC1. The lowest BCUT2D eigenvalue weighted by atomic mass is 10.1. The second-order valence-corrected chi connectivity index (χ2v) is 5.01. The van der Waals surface area contributed by atoms with E-state index in [2.05, 4.69) is 29.4 Å². The van der Waals surface area contributed by atoms with Crippen LogP contribution in [0.3, 0.4) is 0 Å². The summed E-state index contributed by atoms with van der Waals surface area (Å²) in [6.45, 7) is 6.17. The third kappa shape index (κ3) is 2.12. The zero-order valence-electron chi connectivity index (χ0n) is 11.1. The third-order valence-electron chi connectivity index (χ3n) is 3.93. The smallest absolute Gasteiger partial charge is 0.102 e. The zero-order valence-corrected chi connectivity index (χ0v) is 11.1. The number of hydrogen-bond donors (Lipinski definition) is 1. The maximum Gasteiger partial charge on any atom is 0.102 e. The van der Waals surface area contributed by atoms with E-state index >= 15 is 0 Å². The summed E-state index contributed by atoms with van der Waals surface area (Å²) in [5.41, 5.74) is 2.94. The molecule has 1 aliphatic rings. The first kappa shape index (κ1) is 12.2. The van der Waals surface area contributed by atoms with Gasteiger partial charge >= 0.3 is 0 Å². The Kier molecular flexibility index (Phi) is 3.24. The summed E-state index contributed by atoms with van der Waals surface area (Å²) >= 11 is 0. The molecule has 0 spiro atoms. The van der Waals surface area contributed by atoms with Gasteiger partial charge in [-0.25, -0.2) is 0 Å². The topological polar surface area (TPSA) is 43.5 Å². The molecular formula is C15H18N4. The molecule has 98 valence electrons. The minimum absolute atomic E-state index is 0.611. The van der Waals surface area contributed by atoms with Gasteiger partial charge in [0.25, 0.3) is 0 Å². The maximum atomic E-state index is 9.41. The van der Waals surface area contributed by atoms with Crippen LogP contribution in [-0.2, 0) is 6.54 Å². The monoisotopic (exact) mass is 254 g/mol. The lowest BCUT2D eigenvalue weighted by Crippen LogP contribution is -2.56. The predicted octanol–water partition coefficient (Wildman–Crippen LogP) is 1.60. The van der Waals surface area contributed by atoms with Crippen LogP contribution in [0.1, 0.15) is 18.1 Å². The molecule has 1 fully saturated rings. The number of pyridine rings is 1. The van der Waals surface area contributed by atoms with Crippen LogP contribution in [-0.4, -0.2) is 35.0 Å². The van der Waals surface area contributed by atoms with E-state index in [1.165, 1.54) is 0 Å². The molecule has 0 atom stereocenters. The Morgan fingerprint density at radius 2 is 2.32 bits per heavy atom. The summed E-state index contributed by atoms with van der Waals surface area (Å²) in [6, 6.07) is 8.94. The number of rotatable bonds is 4. The zero-order chi connectivity index (χ0) is 13.2. The molecule has 0 radical (unpaired) electrons. The average molecular weight is 254 g/mol. The van der Waals surface area contributed by atoms with Crippen LogP contribution in [0.25, 0.3) is 5.52 Å². The standard InChI is InChI=1S/C15H18N4/c1-2-18(13-8-17-9-13)10-12-11-19-6-4-3-5-15(19)14(12)7-16/h3-6,11,13,17H,2,8-10H2,1H3. The summed E-state index contributed by atoms with van der Waals surface area (Å²) in [4.78, 5) is 2.44. The van der Waals surface area contributed by atoms with Crippen molar-refractivity contribution in [2.45, 2.75) is 19.5 Å². The number of nitrogens with zero attached hydrogens (tertiary/aromatic N) is 3. The van der Waals surface area contributed by atoms with Crippen LogP contribution < -0.4 is 5.32 Å². The Morgan fingerprint density at radius 1 is 1.47 bits per heavy atom. The molecule has 19 heavy (non-hydrogen) atoms. The van der Waals surface area contributed by atoms with E-state index in [1.54, 1.807) is 0 Å². The normalized spacial score (nSPS) is 15.6. The molecular weight excluding hydrogens is 236 g/mol. The largest absolute Gasteiger partial charge is 0.322 e. The third-order valence-corrected chi connectivity index (χ3v) is 3.93. The fourth-order valence-corrected chi connectivity index (χ4v) is 2.68. The van der Waals surface area contributed by atoms with Crippen molar-refractivity contribution in [2.75, 3.05) is 19.6 Å². The Bertz CT molecular complexity index is 619. The van der Waals surface area contributed by atoms with E-state index in [-0.39, 0.29) is 0 Å². The van der Waals surface area contributed by atoms with E-state index in [1.807, 2.05) is 28.8 Å². The highest BCUT2D eigenvalue weighted by Crippen LogP contribution is 2.20. The number of hydrogen-bond acceptors (Lipinski definition) is 3. The summed E-state index contributed by atoms with van der Waals surface area (Å²) in [6.07, 6.45) is 4.09. The van der Waals surface area contributed by atoms with Gasteiger partial charge < -0.3 is 9.72 Å². The van der Waals surface area contributed by atoms with Crippen LogP contribution in [0.2, 0.25) is 0 Å². The van der Waals surface area contributed by atoms with Gasteiger partial charge in [-0.2, -0.15) is 5.26 Å². The summed E-state index contributed by atoms with van der Waals surface area (Å²) in [5, 5.41) is 12.7. The fraction of sp³-hybridized carbons (Fsp3) is 0.400. The second kappa shape index (κ2) is 5.04. The van der Waals surface area contributed by atoms with Crippen molar-refractivity contribution in [2.24, 2.45) is 0 Å². The van der Waals surface area contributed by atoms with Crippen molar-refractivity contribution in [3.8, 4) is 6.07 Å². The predicted molar refractivity (Wildman–Crippen MR) is 74.9 cm³/mol. The molecule has 0 saturated carbocycles. The molecule has 0 unspecified atom stereocenters. The molecule has 0 amide bonds. The van der Waals surface area contributed by atoms with Gasteiger partial charge in [0, 0.05) is 43.6 Å². The molecule has 1 N–H and O–H groups in total. The van der Waals surface area contributed by atoms with E-state index in [4.69, 9.17) is 0 Å². The first-order valence-corrected chi connectivity index (χ1v) is 6.77. The quantitative estimate of drug-likeness (QED) is 0.901. The van der Waals surface area contributed by atoms with Gasteiger partial charge in [-0.3, -0.25) is 4.90 Å². The molecule has 2 aromatic rings. The summed E-state index contributed by atoms with van der Waals surface area (Å²) in [7, 11) is 0. The number of aromatic nitrogens is 1. The molecule has 1 aliphatic heterocycles. The highest BCUT2D eigenvalue weighted by molar-refractivity contribution is 5.65. The maximum absolute atomic E-state index is 9.41. The second-order valence-electron chi connectivity index (χ2n) is 5.01. The van der Waals surface area contributed by atoms with Crippen LogP contribution in [0.15, 0.2) is 30.6 Å². The molecule has 0 aliphatic carbocycles. The van der Waals surface area contributed by atoms with Crippen molar-refractivity contribution in [1.82, 2.24) is 14.6 Å². The first-order valence-electron chi connectivity index (χ1n) is 6.77. The fourth-order valence-electron chi connectivity index (χ4n) is 2.68. The lowest BCUT2D eigenvalue weighted by Gasteiger charge is -2.37. The molecule has 1 saturated heterocycles. The van der Waals surface area contributed by atoms with E-state index in [0.717, 1.165) is 42.8 Å². The average Bonchev–Trinajstić information content (AvgIpc) is 2.72. The first-order chi connectivity index (χ1) is 9.33. The van der Waals surface area contributed by atoms with Crippen molar-refractivity contribution in [3.63, 3.8) is 0 Å². The molecule has 4 heteroatoms. The molecule has 0 aromatic carbocycles. The van der Waals surface area contributed by atoms with E-state index < -0.39 is 0 Å². The number of nitriles is 1. The highest BCUT2D eigenvalue weighted by Gasteiger charge is 2.24. The van der Waals surface area contributed by atoms with Crippen LogP contribution >= 0.6 is 0 Å². The van der Waals surface area contributed by atoms with Gasteiger partial charge in [0.15, 0.2) is 0 Å². The Morgan fingerprint density at radius 3 is 2.95 bits per heavy atom. The number of likely N-dealkylation sites (N-methyl/N-ethyl adjacent to an activating group) is 1. The highest BCUT2D eigenvalue weighted by atomic mass is 15.2. The lowest BCUT2D eigenvalue weighted by molar-refractivity contribution is 0.145. The van der Waals surface area contributed by atoms with Gasteiger partial charge in [-0.05, 0) is 18.7 Å². The molecule has 4 nitrogen and oxygen atoms in total. The van der Waals surface area contributed by atoms with Gasteiger partial charge in [-0.1, -0.05) is 13.0 Å². The Labute approximate surface area is 113 Å². The van der Waals surface area contributed by atoms with Crippen molar-refractivity contribution >= 4 is 5.52 Å². The van der Waals surface area contributed by atoms with Crippen LogP contribution in [0.5, 0.6) is 0 Å². The molecule has 3 rings (SSSR count). The summed E-state index contributed by atoms with van der Waals surface area (Å²) < 4.78 is 2.04. The van der Waals surface area contributed by atoms with Crippen molar-refractivity contribution < 1.29 is 0 Å². The van der Waals surface area contributed by atoms with Gasteiger partial charge in [0.05, 0.1) is 11.1 Å². The number of fused-ring (bicyclic) bond motifs is 1. The van der Waals surface area contributed by atoms with E-state index in [9.17, 15) is 5.26 Å². The van der Waals surface area contributed by atoms with Gasteiger partial charge in [0.2, 0.25) is 0 Å². The molecule has 2 aromatic heterocycles. The summed E-state index contributed by atoms with van der Waals surface area (Å²) in [5.74, 6) is 0. The van der Waals surface area contributed by atoms with E-state index in [0.29, 0.717) is 6.04 Å².